The van der Waals surface area contributed by atoms with Crippen LogP contribution < -0.4 is 5.73 Å². The van der Waals surface area contributed by atoms with E-state index in [1.54, 1.807) is 6.20 Å². The molecule has 2 rings (SSSR count). The third kappa shape index (κ3) is 2.88. The SMILES string of the molecule is CC(C)[C@@H](N)c1nc(Cc2ccccn2)no1. The van der Waals surface area contributed by atoms with Gasteiger partial charge in [-0.25, -0.2) is 0 Å². The van der Waals surface area contributed by atoms with E-state index in [2.05, 4.69) is 15.1 Å². The Bertz CT molecular complexity index is 466. The first-order chi connectivity index (χ1) is 8.16. The summed E-state index contributed by atoms with van der Waals surface area (Å²) in [6.45, 7) is 4.04. The van der Waals surface area contributed by atoms with Gasteiger partial charge in [-0.3, -0.25) is 4.98 Å². The first kappa shape index (κ1) is 11.7. The molecule has 0 radical (unpaired) electrons. The van der Waals surface area contributed by atoms with Crippen molar-refractivity contribution in [2.24, 2.45) is 11.7 Å². The van der Waals surface area contributed by atoms with E-state index in [0.29, 0.717) is 18.1 Å². The first-order valence-corrected chi connectivity index (χ1v) is 5.65. The normalized spacial score (nSPS) is 12.9. The van der Waals surface area contributed by atoms with Crippen molar-refractivity contribution < 1.29 is 4.52 Å². The zero-order valence-corrected chi connectivity index (χ0v) is 10.00. The summed E-state index contributed by atoms with van der Waals surface area (Å²) in [7, 11) is 0. The Morgan fingerprint density at radius 3 is 2.82 bits per heavy atom. The molecule has 0 fully saturated rings. The van der Waals surface area contributed by atoms with Crippen LogP contribution >= 0.6 is 0 Å². The van der Waals surface area contributed by atoms with Crippen molar-refractivity contribution in [3.05, 3.63) is 41.8 Å². The third-order valence-electron chi connectivity index (χ3n) is 2.55. The van der Waals surface area contributed by atoms with Crippen LogP contribution in [0.25, 0.3) is 0 Å². The van der Waals surface area contributed by atoms with Crippen LogP contribution in [0.15, 0.2) is 28.9 Å². The van der Waals surface area contributed by atoms with E-state index in [-0.39, 0.29) is 12.0 Å². The molecular weight excluding hydrogens is 216 g/mol. The molecule has 90 valence electrons. The Morgan fingerprint density at radius 1 is 1.35 bits per heavy atom. The van der Waals surface area contributed by atoms with Crippen LogP contribution in [0.2, 0.25) is 0 Å². The number of aromatic nitrogens is 3. The second-order valence-electron chi connectivity index (χ2n) is 4.32. The quantitative estimate of drug-likeness (QED) is 0.868. The van der Waals surface area contributed by atoms with E-state index in [4.69, 9.17) is 10.3 Å². The summed E-state index contributed by atoms with van der Waals surface area (Å²) in [6.07, 6.45) is 2.31. The average Bonchev–Trinajstić information content (AvgIpc) is 2.77. The van der Waals surface area contributed by atoms with Crippen LogP contribution in [0.5, 0.6) is 0 Å². The predicted molar refractivity (Wildman–Crippen MR) is 63.1 cm³/mol. The molecule has 2 aromatic heterocycles. The molecule has 1 atom stereocenters. The smallest absolute Gasteiger partial charge is 0.243 e. The predicted octanol–water partition coefficient (Wildman–Crippen LogP) is 1.71. The molecule has 0 saturated heterocycles. The molecule has 0 aliphatic heterocycles. The Kier molecular flexibility index (Phi) is 3.49. The number of nitrogens with two attached hydrogens (primary N) is 1. The van der Waals surface area contributed by atoms with Crippen LogP contribution in [-0.2, 0) is 6.42 Å². The van der Waals surface area contributed by atoms with E-state index in [0.717, 1.165) is 5.69 Å². The maximum atomic E-state index is 5.93. The van der Waals surface area contributed by atoms with Crippen LogP contribution in [0, 0.1) is 5.92 Å². The highest BCUT2D eigenvalue weighted by atomic mass is 16.5. The molecular formula is C12H16N4O. The number of hydrogen-bond donors (Lipinski definition) is 1. The minimum Gasteiger partial charge on any atom is -0.338 e. The largest absolute Gasteiger partial charge is 0.338 e. The van der Waals surface area contributed by atoms with Gasteiger partial charge in [-0.05, 0) is 18.1 Å². The molecule has 0 amide bonds. The molecule has 0 spiro atoms. The van der Waals surface area contributed by atoms with Crippen molar-refractivity contribution in [2.75, 3.05) is 0 Å². The molecule has 0 aliphatic carbocycles. The minimum absolute atomic E-state index is 0.208. The van der Waals surface area contributed by atoms with Crippen molar-refractivity contribution in [3.8, 4) is 0 Å². The standard InChI is InChI=1S/C12H16N4O/c1-8(2)11(13)12-15-10(16-17-12)7-9-5-3-4-6-14-9/h3-6,8,11H,7,13H2,1-2H3/t11-/m1/s1. The molecule has 2 heterocycles. The average molecular weight is 232 g/mol. The highest BCUT2D eigenvalue weighted by Crippen LogP contribution is 2.17. The fraction of sp³-hybridized carbons (Fsp3) is 0.417. The third-order valence-corrected chi connectivity index (χ3v) is 2.55. The molecule has 0 aliphatic rings. The minimum atomic E-state index is -0.208. The summed E-state index contributed by atoms with van der Waals surface area (Å²) in [5.74, 6) is 1.39. The lowest BCUT2D eigenvalue weighted by atomic mass is 10.1. The summed E-state index contributed by atoms with van der Waals surface area (Å²) in [4.78, 5) is 8.49. The van der Waals surface area contributed by atoms with Gasteiger partial charge in [0.1, 0.15) is 0 Å². The highest BCUT2D eigenvalue weighted by Gasteiger charge is 2.18. The highest BCUT2D eigenvalue weighted by molar-refractivity contribution is 5.09. The number of hydrogen-bond acceptors (Lipinski definition) is 5. The van der Waals surface area contributed by atoms with Gasteiger partial charge in [-0.15, -0.1) is 0 Å². The van der Waals surface area contributed by atoms with Crippen molar-refractivity contribution in [2.45, 2.75) is 26.3 Å². The molecule has 5 nitrogen and oxygen atoms in total. The topological polar surface area (TPSA) is 77.8 Å². The van der Waals surface area contributed by atoms with Gasteiger partial charge in [0.15, 0.2) is 5.82 Å². The van der Waals surface area contributed by atoms with Crippen LogP contribution in [0.3, 0.4) is 0 Å². The maximum absolute atomic E-state index is 5.93. The second kappa shape index (κ2) is 5.05. The first-order valence-electron chi connectivity index (χ1n) is 5.65. The van der Waals surface area contributed by atoms with Gasteiger partial charge < -0.3 is 10.3 Å². The second-order valence-corrected chi connectivity index (χ2v) is 4.32. The van der Waals surface area contributed by atoms with Crippen molar-refractivity contribution in [3.63, 3.8) is 0 Å². The summed E-state index contributed by atoms with van der Waals surface area (Å²) in [6, 6.07) is 5.53. The van der Waals surface area contributed by atoms with E-state index >= 15 is 0 Å². The molecule has 5 heteroatoms. The van der Waals surface area contributed by atoms with Crippen LogP contribution in [0.4, 0.5) is 0 Å². The Hall–Kier alpha value is -1.75. The molecule has 2 N–H and O–H groups in total. The zero-order chi connectivity index (χ0) is 12.3. The fourth-order valence-corrected chi connectivity index (χ4v) is 1.42. The van der Waals surface area contributed by atoms with Gasteiger partial charge in [-0.1, -0.05) is 25.1 Å². The summed E-state index contributed by atoms with van der Waals surface area (Å²) in [5, 5.41) is 3.91. The van der Waals surface area contributed by atoms with Gasteiger partial charge in [0.25, 0.3) is 0 Å². The van der Waals surface area contributed by atoms with Gasteiger partial charge in [0, 0.05) is 11.9 Å². The van der Waals surface area contributed by atoms with Crippen molar-refractivity contribution in [1.29, 1.82) is 0 Å². The van der Waals surface area contributed by atoms with Gasteiger partial charge in [-0.2, -0.15) is 4.98 Å². The maximum Gasteiger partial charge on any atom is 0.243 e. The monoisotopic (exact) mass is 232 g/mol. The number of rotatable bonds is 4. The molecule has 2 aromatic rings. The fourth-order valence-electron chi connectivity index (χ4n) is 1.42. The van der Waals surface area contributed by atoms with E-state index in [1.807, 2.05) is 32.0 Å². The lowest BCUT2D eigenvalue weighted by Gasteiger charge is -2.09. The summed E-state index contributed by atoms with van der Waals surface area (Å²) in [5.41, 5.74) is 6.85. The van der Waals surface area contributed by atoms with Gasteiger partial charge >= 0.3 is 0 Å². The number of pyridine rings is 1. The molecule has 0 aromatic carbocycles. The zero-order valence-electron chi connectivity index (χ0n) is 10.00. The number of nitrogens with zero attached hydrogens (tertiary/aromatic N) is 3. The Labute approximate surface area is 100 Å². The van der Waals surface area contributed by atoms with E-state index < -0.39 is 0 Å². The van der Waals surface area contributed by atoms with Crippen molar-refractivity contribution >= 4 is 0 Å². The van der Waals surface area contributed by atoms with Crippen molar-refractivity contribution in [1.82, 2.24) is 15.1 Å². The Morgan fingerprint density at radius 2 is 2.18 bits per heavy atom. The lowest BCUT2D eigenvalue weighted by molar-refractivity contribution is 0.322. The summed E-state index contributed by atoms with van der Waals surface area (Å²) >= 11 is 0. The van der Waals surface area contributed by atoms with Crippen LogP contribution in [0.1, 0.15) is 37.3 Å². The Balaban J connectivity index is 2.09. The molecule has 0 saturated carbocycles. The van der Waals surface area contributed by atoms with Gasteiger partial charge in [0.2, 0.25) is 5.89 Å². The molecule has 0 bridgehead atoms. The summed E-state index contributed by atoms with van der Waals surface area (Å²) < 4.78 is 5.15. The van der Waals surface area contributed by atoms with E-state index in [9.17, 15) is 0 Å². The molecule has 17 heavy (non-hydrogen) atoms. The van der Waals surface area contributed by atoms with Gasteiger partial charge in [0.05, 0.1) is 12.5 Å². The van der Waals surface area contributed by atoms with Crippen LogP contribution in [-0.4, -0.2) is 15.1 Å². The molecule has 0 unspecified atom stereocenters. The van der Waals surface area contributed by atoms with E-state index in [1.165, 1.54) is 0 Å². The lowest BCUT2D eigenvalue weighted by Crippen LogP contribution is -2.17.